The maximum absolute atomic E-state index is 13.5. The summed E-state index contributed by atoms with van der Waals surface area (Å²) in [4.78, 5) is 28.5. The van der Waals surface area contributed by atoms with E-state index in [1.54, 1.807) is 28.8 Å². The summed E-state index contributed by atoms with van der Waals surface area (Å²) in [6.45, 7) is 7.47. The maximum Gasteiger partial charge on any atom is 0.416 e. The molecule has 206 valence electrons. The number of likely N-dealkylation sites (tertiary alicyclic amines) is 1. The van der Waals surface area contributed by atoms with E-state index in [0.29, 0.717) is 51.0 Å². The normalized spacial score (nSPS) is 22.8. The number of likely N-dealkylation sites (N-methyl/N-ethyl adjacent to an activating group) is 1. The summed E-state index contributed by atoms with van der Waals surface area (Å²) in [5, 5.41) is 1.72. The molecular weight excluding hydrogens is 502 g/mol. The Hall–Kier alpha value is -2.76. The lowest BCUT2D eigenvalue weighted by atomic mass is 9.85. The summed E-state index contributed by atoms with van der Waals surface area (Å²) in [6.07, 6.45) is -7.46. The number of nitrogens with one attached hydrogen (secondary N) is 1. The topological polar surface area (TPSA) is 55.9 Å². The van der Waals surface area contributed by atoms with Gasteiger partial charge in [0.05, 0.1) is 12.1 Å². The fraction of sp³-hybridized carbons (Fsp3) is 0.600. The highest BCUT2D eigenvalue weighted by atomic mass is 19.4. The number of carbonyl (C=O) groups is 2. The highest BCUT2D eigenvalue weighted by molar-refractivity contribution is 5.86. The van der Waals surface area contributed by atoms with Crippen molar-refractivity contribution in [3.05, 3.63) is 46.7 Å². The summed E-state index contributed by atoms with van der Waals surface area (Å²) in [7, 11) is 1.75. The summed E-state index contributed by atoms with van der Waals surface area (Å²) in [5.74, 6) is -0.444. The second-order valence-electron chi connectivity index (χ2n) is 9.61. The van der Waals surface area contributed by atoms with Gasteiger partial charge in [0, 0.05) is 44.9 Å². The van der Waals surface area contributed by atoms with E-state index in [4.69, 9.17) is 0 Å². The molecule has 0 saturated carbocycles. The minimum Gasteiger partial charge on any atom is -0.341 e. The smallest absolute Gasteiger partial charge is 0.341 e. The lowest BCUT2D eigenvalue weighted by Gasteiger charge is -2.36. The van der Waals surface area contributed by atoms with Gasteiger partial charge in [-0.05, 0) is 43.3 Å². The summed E-state index contributed by atoms with van der Waals surface area (Å²) >= 11 is 0. The van der Waals surface area contributed by atoms with E-state index >= 15 is 0 Å². The van der Waals surface area contributed by atoms with Crippen LogP contribution in [0.5, 0.6) is 0 Å². The first kappa shape index (κ1) is 28.8. The lowest BCUT2D eigenvalue weighted by molar-refractivity contribution is -0.136. The molecule has 12 heteroatoms. The van der Waals surface area contributed by atoms with Gasteiger partial charge in [-0.2, -0.15) is 26.3 Å². The Balaban J connectivity index is 1.71. The van der Waals surface area contributed by atoms with Gasteiger partial charge in [0.25, 0.3) is 0 Å². The number of hydrazine groups is 1. The molecule has 0 aromatic heterocycles. The van der Waals surface area contributed by atoms with Crippen LogP contribution in [-0.4, -0.2) is 78.2 Å². The van der Waals surface area contributed by atoms with Crippen LogP contribution >= 0.6 is 0 Å². The van der Waals surface area contributed by atoms with Gasteiger partial charge >= 0.3 is 12.4 Å². The summed E-state index contributed by atoms with van der Waals surface area (Å²) < 4.78 is 78.9. The molecule has 2 amide bonds. The van der Waals surface area contributed by atoms with E-state index in [2.05, 4.69) is 12.0 Å². The Morgan fingerprint density at radius 2 is 1.65 bits per heavy atom. The number of hydrogen-bond donors (Lipinski definition) is 1. The summed E-state index contributed by atoms with van der Waals surface area (Å²) in [5.41, 5.74) is 2.38. The second kappa shape index (κ2) is 10.9. The number of hydrogen-bond acceptors (Lipinski definition) is 4. The second-order valence-corrected chi connectivity index (χ2v) is 9.61. The van der Waals surface area contributed by atoms with Crippen LogP contribution in [0.1, 0.15) is 39.5 Å². The van der Waals surface area contributed by atoms with Gasteiger partial charge < -0.3 is 15.2 Å². The zero-order valence-electron chi connectivity index (χ0n) is 21.1. The van der Waals surface area contributed by atoms with Crippen molar-refractivity contribution in [3.8, 4) is 0 Å². The number of piperidine rings is 1. The highest BCUT2D eigenvalue weighted by Crippen LogP contribution is 2.36. The molecule has 3 aliphatic rings. The minimum absolute atomic E-state index is 0.0416. The largest absolute Gasteiger partial charge is 0.416 e. The van der Waals surface area contributed by atoms with E-state index in [9.17, 15) is 35.9 Å². The van der Waals surface area contributed by atoms with Crippen molar-refractivity contribution in [2.24, 2.45) is 5.92 Å². The number of halogens is 6. The molecule has 1 unspecified atom stereocenters. The average molecular weight is 535 g/mol. The van der Waals surface area contributed by atoms with Crippen LogP contribution in [0.3, 0.4) is 0 Å². The average Bonchev–Trinajstić information content (AvgIpc) is 3.14. The zero-order chi connectivity index (χ0) is 27.7. The third-order valence-electron chi connectivity index (χ3n) is 7.20. The Bertz CT molecular complexity index is 1020. The predicted molar refractivity (Wildman–Crippen MR) is 126 cm³/mol. The Kier molecular flexibility index (Phi) is 8.50. The molecule has 6 nitrogen and oxygen atoms in total. The van der Waals surface area contributed by atoms with Gasteiger partial charge in [0.15, 0.2) is 0 Å². The SMILES string of the molecule is C=C(/C=C(\C=C(/CC)C1CCN(C(=O)C2C3=C(CN(C(C)=O)CC3)NN2C)CC1)C(F)(F)F)C(F)(F)F. The highest BCUT2D eigenvalue weighted by Gasteiger charge is 2.41. The first-order valence-electron chi connectivity index (χ1n) is 12.1. The summed E-state index contributed by atoms with van der Waals surface area (Å²) in [6, 6.07) is -0.519. The van der Waals surface area contributed by atoms with E-state index in [1.807, 2.05) is 0 Å². The van der Waals surface area contributed by atoms with Gasteiger partial charge in [-0.15, -0.1) is 0 Å². The van der Waals surface area contributed by atoms with Crippen molar-refractivity contribution < 1.29 is 35.9 Å². The minimum atomic E-state index is -4.96. The van der Waals surface area contributed by atoms with Crippen molar-refractivity contribution in [1.82, 2.24) is 20.2 Å². The van der Waals surface area contributed by atoms with Crippen LogP contribution in [0.25, 0.3) is 0 Å². The number of carbonyl (C=O) groups excluding carboxylic acids is 2. The zero-order valence-corrected chi connectivity index (χ0v) is 21.1. The van der Waals surface area contributed by atoms with Gasteiger partial charge in [0.1, 0.15) is 6.04 Å². The quantitative estimate of drug-likeness (QED) is 0.417. The molecule has 37 heavy (non-hydrogen) atoms. The Labute approximate surface area is 212 Å². The molecule has 0 aliphatic carbocycles. The first-order chi connectivity index (χ1) is 17.1. The standard InChI is InChI=1S/C25H32F6N4O2/c1-5-17(13-19(25(29,30)31)12-15(2)24(26,27)28)18-6-9-34(10-7-18)23(37)22-20-8-11-35(16(3)36)14-21(20)32-33(22)4/h12-13,18,22,32H,2,5-11,14H2,1,3-4H3/b17-13+,19-12+. The number of amides is 2. The van der Waals surface area contributed by atoms with Crippen molar-refractivity contribution in [2.45, 2.75) is 57.9 Å². The van der Waals surface area contributed by atoms with Crippen molar-refractivity contribution in [2.75, 3.05) is 33.2 Å². The van der Waals surface area contributed by atoms with Crippen LogP contribution in [0.15, 0.2) is 46.7 Å². The van der Waals surface area contributed by atoms with Crippen LogP contribution in [-0.2, 0) is 9.59 Å². The number of alkyl halides is 6. The molecule has 3 rings (SSSR count). The van der Waals surface area contributed by atoms with Crippen molar-refractivity contribution in [3.63, 3.8) is 0 Å². The lowest BCUT2D eigenvalue weighted by Crippen LogP contribution is -2.50. The molecule has 0 spiro atoms. The Morgan fingerprint density at radius 1 is 1.03 bits per heavy atom. The van der Waals surface area contributed by atoms with Crippen LogP contribution in [0.4, 0.5) is 26.3 Å². The fourth-order valence-corrected chi connectivity index (χ4v) is 5.11. The molecule has 0 bridgehead atoms. The van der Waals surface area contributed by atoms with Crippen LogP contribution in [0, 0.1) is 5.92 Å². The van der Waals surface area contributed by atoms with Crippen LogP contribution < -0.4 is 5.43 Å². The molecule has 1 N–H and O–H groups in total. The Morgan fingerprint density at radius 3 is 2.16 bits per heavy atom. The van der Waals surface area contributed by atoms with Gasteiger partial charge in [0.2, 0.25) is 11.8 Å². The monoisotopic (exact) mass is 534 g/mol. The van der Waals surface area contributed by atoms with E-state index in [1.165, 1.54) is 6.92 Å². The van der Waals surface area contributed by atoms with E-state index in [0.717, 1.165) is 17.3 Å². The van der Waals surface area contributed by atoms with Gasteiger partial charge in [-0.1, -0.05) is 25.2 Å². The molecule has 1 saturated heterocycles. The van der Waals surface area contributed by atoms with Crippen molar-refractivity contribution in [1.29, 1.82) is 0 Å². The molecule has 1 atom stereocenters. The number of allylic oxidation sites excluding steroid dienone is 5. The van der Waals surface area contributed by atoms with Crippen LogP contribution in [0.2, 0.25) is 0 Å². The molecule has 3 heterocycles. The molecule has 0 radical (unpaired) electrons. The molecule has 0 aromatic rings. The molecule has 0 aromatic carbocycles. The number of rotatable bonds is 5. The first-order valence-corrected chi connectivity index (χ1v) is 12.1. The predicted octanol–water partition coefficient (Wildman–Crippen LogP) is 4.49. The maximum atomic E-state index is 13.5. The third kappa shape index (κ3) is 6.58. The molecular formula is C25H32F6N4O2. The van der Waals surface area contributed by atoms with Gasteiger partial charge in [-0.25, -0.2) is 5.01 Å². The molecule has 1 fully saturated rings. The number of nitrogens with zero attached hydrogens (tertiary/aromatic N) is 3. The fourth-order valence-electron chi connectivity index (χ4n) is 5.11. The van der Waals surface area contributed by atoms with Gasteiger partial charge in [-0.3, -0.25) is 9.59 Å². The van der Waals surface area contributed by atoms with Crippen molar-refractivity contribution >= 4 is 11.8 Å². The molecule has 3 aliphatic heterocycles. The van der Waals surface area contributed by atoms with E-state index in [-0.39, 0.29) is 30.2 Å². The third-order valence-corrected chi connectivity index (χ3v) is 7.20. The van der Waals surface area contributed by atoms with E-state index < -0.39 is 29.5 Å².